The summed E-state index contributed by atoms with van der Waals surface area (Å²) in [6.07, 6.45) is 4.90. The van der Waals surface area contributed by atoms with E-state index in [0.29, 0.717) is 0 Å². The third-order valence-electron chi connectivity index (χ3n) is 3.25. The van der Waals surface area contributed by atoms with Gasteiger partial charge in [0, 0.05) is 37.9 Å². The molecule has 0 aliphatic carbocycles. The van der Waals surface area contributed by atoms with Gasteiger partial charge in [-0.25, -0.2) is 13.1 Å². The van der Waals surface area contributed by atoms with Crippen LogP contribution in [0.3, 0.4) is 0 Å². The zero-order valence-electron chi connectivity index (χ0n) is 12.5. The third kappa shape index (κ3) is 7.45. The third-order valence-corrected chi connectivity index (χ3v) is 4.70. The Morgan fingerprint density at radius 3 is 2.78 bits per heavy atom. The molecule has 1 aromatic heterocycles. The van der Waals surface area contributed by atoms with E-state index in [9.17, 15) is 13.2 Å². The molecular formula is C13H22Cl2N4O3S. The van der Waals surface area contributed by atoms with Crippen molar-refractivity contribution < 1.29 is 13.2 Å². The van der Waals surface area contributed by atoms with Crippen LogP contribution in [-0.4, -0.2) is 45.0 Å². The van der Waals surface area contributed by atoms with Gasteiger partial charge >= 0.3 is 0 Å². The van der Waals surface area contributed by atoms with Crippen LogP contribution in [0.15, 0.2) is 29.4 Å². The van der Waals surface area contributed by atoms with Gasteiger partial charge in [-0.15, -0.1) is 24.8 Å². The molecular weight excluding hydrogens is 363 g/mol. The van der Waals surface area contributed by atoms with Crippen molar-refractivity contribution in [2.45, 2.75) is 30.2 Å². The number of nitrogens with zero attached hydrogens (tertiary/aromatic N) is 1. The van der Waals surface area contributed by atoms with E-state index in [0.717, 1.165) is 25.9 Å². The number of halogens is 2. The number of carbonyl (C=O) groups is 1. The van der Waals surface area contributed by atoms with Gasteiger partial charge in [0.05, 0.1) is 0 Å². The van der Waals surface area contributed by atoms with Gasteiger partial charge in [0.2, 0.25) is 15.9 Å². The molecule has 7 nitrogen and oxygen atoms in total. The van der Waals surface area contributed by atoms with E-state index >= 15 is 0 Å². The van der Waals surface area contributed by atoms with Gasteiger partial charge in [0.15, 0.2) is 0 Å². The summed E-state index contributed by atoms with van der Waals surface area (Å²) in [6, 6.07) is 3.15. The SMILES string of the molecule is Cl.Cl.O=C(CCNS(=O)(=O)c1cccnc1)N[C@H]1CCCNC1. The van der Waals surface area contributed by atoms with Gasteiger partial charge in [-0.1, -0.05) is 0 Å². The van der Waals surface area contributed by atoms with Crippen molar-refractivity contribution in [2.24, 2.45) is 0 Å². The second-order valence-corrected chi connectivity index (χ2v) is 6.71. The lowest BCUT2D eigenvalue weighted by molar-refractivity contribution is -0.121. The van der Waals surface area contributed by atoms with E-state index < -0.39 is 10.0 Å². The number of piperidine rings is 1. The number of hydrogen-bond acceptors (Lipinski definition) is 5. The molecule has 10 heteroatoms. The minimum atomic E-state index is -3.59. The molecule has 0 saturated carbocycles. The quantitative estimate of drug-likeness (QED) is 0.661. The van der Waals surface area contributed by atoms with Crippen LogP contribution < -0.4 is 15.4 Å². The number of pyridine rings is 1. The molecule has 0 bridgehead atoms. The van der Waals surface area contributed by atoms with E-state index in [1.165, 1.54) is 18.5 Å². The Bertz CT molecular complexity index is 566. The van der Waals surface area contributed by atoms with E-state index in [2.05, 4.69) is 20.3 Å². The molecule has 1 amide bonds. The van der Waals surface area contributed by atoms with Crippen molar-refractivity contribution >= 4 is 40.7 Å². The monoisotopic (exact) mass is 384 g/mol. The molecule has 1 aliphatic rings. The summed E-state index contributed by atoms with van der Waals surface area (Å²) in [7, 11) is -3.59. The average Bonchev–Trinajstić information content (AvgIpc) is 2.49. The van der Waals surface area contributed by atoms with Crippen molar-refractivity contribution in [3.05, 3.63) is 24.5 Å². The Balaban J connectivity index is 0.00000242. The molecule has 0 spiro atoms. The van der Waals surface area contributed by atoms with E-state index in [4.69, 9.17) is 0 Å². The molecule has 23 heavy (non-hydrogen) atoms. The van der Waals surface area contributed by atoms with Crippen LogP contribution in [-0.2, 0) is 14.8 Å². The maximum atomic E-state index is 11.9. The molecule has 0 unspecified atom stereocenters. The normalized spacial score (nSPS) is 17.5. The molecule has 1 aromatic rings. The lowest BCUT2D eigenvalue weighted by atomic mass is 10.1. The molecule has 2 rings (SSSR count). The lowest BCUT2D eigenvalue weighted by Gasteiger charge is -2.23. The maximum Gasteiger partial charge on any atom is 0.242 e. The average molecular weight is 385 g/mol. The first-order chi connectivity index (χ1) is 10.1. The molecule has 1 fully saturated rings. The van der Waals surface area contributed by atoms with Crippen LogP contribution in [0, 0.1) is 0 Å². The van der Waals surface area contributed by atoms with Crippen LogP contribution in [0.4, 0.5) is 0 Å². The fraction of sp³-hybridized carbons (Fsp3) is 0.538. The Hall–Kier alpha value is -0.930. The van der Waals surface area contributed by atoms with Crippen molar-refractivity contribution in [3.63, 3.8) is 0 Å². The maximum absolute atomic E-state index is 11.9. The van der Waals surface area contributed by atoms with Crippen molar-refractivity contribution in [1.82, 2.24) is 20.3 Å². The number of carbonyl (C=O) groups excluding carboxylic acids is 1. The first kappa shape index (κ1) is 22.1. The highest BCUT2D eigenvalue weighted by atomic mass is 35.5. The minimum absolute atomic E-state index is 0. The summed E-state index contributed by atoms with van der Waals surface area (Å²) in [5.74, 6) is -0.141. The predicted octanol–water partition coefficient (Wildman–Crippen LogP) is 0.462. The first-order valence-corrected chi connectivity index (χ1v) is 8.46. The number of aromatic nitrogens is 1. The number of hydrogen-bond donors (Lipinski definition) is 3. The van der Waals surface area contributed by atoms with E-state index in [1.54, 1.807) is 6.07 Å². The highest BCUT2D eigenvalue weighted by molar-refractivity contribution is 7.89. The number of rotatable bonds is 6. The molecule has 1 aliphatic heterocycles. The highest BCUT2D eigenvalue weighted by Crippen LogP contribution is 2.05. The molecule has 2 heterocycles. The molecule has 1 atom stereocenters. The minimum Gasteiger partial charge on any atom is -0.352 e. The smallest absolute Gasteiger partial charge is 0.242 e. The lowest BCUT2D eigenvalue weighted by Crippen LogP contribution is -2.46. The highest BCUT2D eigenvalue weighted by Gasteiger charge is 2.17. The number of nitrogens with one attached hydrogen (secondary N) is 3. The van der Waals surface area contributed by atoms with Crippen molar-refractivity contribution in [3.8, 4) is 0 Å². The molecule has 0 aromatic carbocycles. The summed E-state index contributed by atoms with van der Waals surface area (Å²) in [5, 5.41) is 6.11. The van der Waals surface area contributed by atoms with Gasteiger partial charge in [-0.05, 0) is 31.5 Å². The zero-order valence-corrected chi connectivity index (χ0v) is 15.0. The van der Waals surface area contributed by atoms with Gasteiger partial charge < -0.3 is 10.6 Å². The Morgan fingerprint density at radius 1 is 1.39 bits per heavy atom. The summed E-state index contributed by atoms with van der Waals surface area (Å²) in [5.41, 5.74) is 0. The molecule has 1 saturated heterocycles. The fourth-order valence-electron chi connectivity index (χ4n) is 2.16. The topological polar surface area (TPSA) is 100 Å². The van der Waals surface area contributed by atoms with Crippen molar-refractivity contribution in [2.75, 3.05) is 19.6 Å². The summed E-state index contributed by atoms with van der Waals surface area (Å²) < 4.78 is 26.2. The number of amides is 1. The standard InChI is InChI=1S/C13H20N4O3S.2ClH/c18-13(17-11-3-1-6-14-9-11)5-8-16-21(19,20)12-4-2-7-15-10-12;;/h2,4,7,10-11,14,16H,1,3,5-6,8-9H2,(H,17,18);2*1H/t11-;;/m0../s1. The second-order valence-electron chi connectivity index (χ2n) is 4.95. The molecule has 132 valence electrons. The Labute approximate surface area is 148 Å². The van der Waals surface area contributed by atoms with Crippen molar-refractivity contribution in [1.29, 1.82) is 0 Å². The largest absolute Gasteiger partial charge is 0.352 e. The first-order valence-electron chi connectivity index (χ1n) is 6.98. The predicted molar refractivity (Wildman–Crippen MR) is 92.6 cm³/mol. The molecule has 3 N–H and O–H groups in total. The Kier molecular flexibility index (Phi) is 10.3. The van der Waals surface area contributed by atoms with Gasteiger partial charge in [0.1, 0.15) is 4.90 Å². The summed E-state index contributed by atoms with van der Waals surface area (Å²) >= 11 is 0. The van der Waals surface area contributed by atoms with Gasteiger partial charge in [0.25, 0.3) is 0 Å². The Morgan fingerprint density at radius 2 is 2.17 bits per heavy atom. The van der Waals surface area contributed by atoms with Gasteiger partial charge in [-0.2, -0.15) is 0 Å². The summed E-state index contributed by atoms with van der Waals surface area (Å²) in [6.45, 7) is 1.83. The van der Waals surface area contributed by atoms with Crippen LogP contribution in [0.5, 0.6) is 0 Å². The summed E-state index contributed by atoms with van der Waals surface area (Å²) in [4.78, 5) is 15.6. The van der Waals surface area contributed by atoms with E-state index in [-0.39, 0.29) is 54.6 Å². The van der Waals surface area contributed by atoms with Crippen LogP contribution in [0.25, 0.3) is 0 Å². The van der Waals surface area contributed by atoms with Gasteiger partial charge in [-0.3, -0.25) is 9.78 Å². The van der Waals surface area contributed by atoms with Crippen LogP contribution >= 0.6 is 24.8 Å². The zero-order chi connectivity index (χ0) is 15.1. The number of sulfonamides is 1. The van der Waals surface area contributed by atoms with Crippen LogP contribution in [0.2, 0.25) is 0 Å². The second kappa shape index (κ2) is 10.8. The van der Waals surface area contributed by atoms with Crippen LogP contribution in [0.1, 0.15) is 19.3 Å². The fourth-order valence-corrected chi connectivity index (χ4v) is 3.16. The van der Waals surface area contributed by atoms with E-state index in [1.807, 2.05) is 0 Å². The molecule has 0 radical (unpaired) electrons.